The molecule has 6 heteroatoms. The maximum Gasteiger partial charge on any atom is 0.252 e. The van der Waals surface area contributed by atoms with E-state index in [1.807, 2.05) is 29.9 Å². The summed E-state index contributed by atoms with van der Waals surface area (Å²) in [5, 5.41) is 2.88. The molecule has 1 N–H and O–H groups in total. The molecule has 1 aromatic heterocycles. The molecule has 4 nitrogen and oxygen atoms in total. The lowest BCUT2D eigenvalue weighted by atomic mass is 10.2. The first-order valence-corrected chi connectivity index (χ1v) is 7.05. The highest BCUT2D eigenvalue weighted by Gasteiger charge is 2.10. The second-order valence-electron chi connectivity index (χ2n) is 4.12. The van der Waals surface area contributed by atoms with E-state index in [0.717, 1.165) is 15.2 Å². The number of carbonyl (C=O) groups excluding carboxylic acids is 1. The molecular weight excluding hydrogens is 326 g/mol. The first-order valence-electron chi connectivity index (χ1n) is 5.81. The number of imidazole rings is 1. The minimum absolute atomic E-state index is 0.114. The van der Waals surface area contributed by atoms with Crippen LogP contribution in [0.2, 0.25) is 0 Å². The summed E-state index contributed by atoms with van der Waals surface area (Å²) >= 11 is 7.60. The number of hydrogen-bond donors (Lipinski definition) is 2. The number of aromatic nitrogens is 2. The summed E-state index contributed by atoms with van der Waals surface area (Å²) in [4.78, 5) is 17.0. The molecule has 0 aliphatic heterocycles. The Morgan fingerprint density at radius 2 is 2.32 bits per heavy atom. The Bertz CT molecular complexity index is 597. The van der Waals surface area contributed by atoms with Crippen molar-refractivity contribution >= 4 is 34.5 Å². The molecule has 0 saturated carbocycles. The maximum atomic E-state index is 12.0. The van der Waals surface area contributed by atoms with Gasteiger partial charge in [-0.1, -0.05) is 0 Å². The van der Waals surface area contributed by atoms with Crippen molar-refractivity contribution in [3.63, 3.8) is 0 Å². The number of amides is 1. The van der Waals surface area contributed by atoms with E-state index >= 15 is 0 Å². The SMILES string of the molecule is Cn1ccnc1CCNC(=O)c1cc(S)ccc1Br. The van der Waals surface area contributed by atoms with Crippen LogP contribution in [0.4, 0.5) is 0 Å². The maximum absolute atomic E-state index is 12.0. The van der Waals surface area contributed by atoms with Crippen molar-refractivity contribution in [2.24, 2.45) is 7.05 Å². The van der Waals surface area contributed by atoms with Crippen molar-refractivity contribution in [3.8, 4) is 0 Å². The number of carbonyl (C=O) groups is 1. The van der Waals surface area contributed by atoms with Gasteiger partial charge in [-0.25, -0.2) is 4.98 Å². The molecule has 2 aromatic rings. The predicted molar refractivity (Wildman–Crippen MR) is 80.6 cm³/mol. The molecule has 1 amide bonds. The van der Waals surface area contributed by atoms with E-state index in [1.54, 1.807) is 12.3 Å². The minimum atomic E-state index is -0.114. The van der Waals surface area contributed by atoms with Gasteiger partial charge in [0.2, 0.25) is 0 Å². The summed E-state index contributed by atoms with van der Waals surface area (Å²) in [6.45, 7) is 0.549. The van der Waals surface area contributed by atoms with Gasteiger partial charge >= 0.3 is 0 Å². The zero-order valence-electron chi connectivity index (χ0n) is 10.4. The van der Waals surface area contributed by atoms with Crippen LogP contribution in [-0.2, 0) is 13.5 Å². The number of nitrogens with one attached hydrogen (secondary N) is 1. The van der Waals surface area contributed by atoms with Crippen LogP contribution in [0.25, 0.3) is 0 Å². The standard InChI is InChI=1S/C13H14BrN3OS/c1-17-7-6-15-12(17)4-5-16-13(18)10-8-9(19)2-3-11(10)14/h2-3,6-8,19H,4-5H2,1H3,(H,16,18). The molecule has 0 aliphatic carbocycles. The van der Waals surface area contributed by atoms with E-state index < -0.39 is 0 Å². The predicted octanol–water partition coefficient (Wildman–Crippen LogP) is 2.44. The topological polar surface area (TPSA) is 46.9 Å². The Morgan fingerprint density at radius 3 is 3.00 bits per heavy atom. The fraction of sp³-hybridized carbons (Fsp3) is 0.231. The van der Waals surface area contributed by atoms with Crippen LogP contribution in [-0.4, -0.2) is 22.0 Å². The summed E-state index contributed by atoms with van der Waals surface area (Å²) in [6, 6.07) is 5.39. The average Bonchev–Trinajstić information content (AvgIpc) is 2.78. The molecule has 100 valence electrons. The molecular formula is C13H14BrN3OS. The van der Waals surface area contributed by atoms with E-state index in [1.165, 1.54) is 0 Å². The Kier molecular flexibility index (Phi) is 4.66. The van der Waals surface area contributed by atoms with E-state index in [0.29, 0.717) is 18.5 Å². The van der Waals surface area contributed by atoms with Crippen LogP contribution in [0.5, 0.6) is 0 Å². The molecule has 0 unspecified atom stereocenters. The molecule has 19 heavy (non-hydrogen) atoms. The van der Waals surface area contributed by atoms with Crippen LogP contribution in [0, 0.1) is 0 Å². The van der Waals surface area contributed by atoms with E-state index in [2.05, 4.69) is 38.9 Å². The molecule has 0 fully saturated rings. The van der Waals surface area contributed by atoms with E-state index in [-0.39, 0.29) is 5.91 Å². The molecule has 0 aliphatic rings. The average molecular weight is 340 g/mol. The van der Waals surface area contributed by atoms with Gasteiger partial charge in [0.25, 0.3) is 5.91 Å². The van der Waals surface area contributed by atoms with Gasteiger partial charge in [0.1, 0.15) is 5.82 Å². The quantitative estimate of drug-likeness (QED) is 0.840. The first kappa shape index (κ1) is 14.1. The largest absolute Gasteiger partial charge is 0.352 e. The molecule has 1 heterocycles. The van der Waals surface area contributed by atoms with Crippen LogP contribution in [0.3, 0.4) is 0 Å². The number of aryl methyl sites for hydroxylation is 1. The molecule has 0 radical (unpaired) electrons. The molecule has 2 rings (SSSR count). The highest BCUT2D eigenvalue weighted by molar-refractivity contribution is 9.10. The Morgan fingerprint density at radius 1 is 1.53 bits per heavy atom. The van der Waals surface area contributed by atoms with E-state index in [4.69, 9.17) is 0 Å². The minimum Gasteiger partial charge on any atom is -0.352 e. The van der Waals surface area contributed by atoms with Gasteiger partial charge in [-0.3, -0.25) is 4.79 Å². The summed E-state index contributed by atoms with van der Waals surface area (Å²) in [5.74, 6) is 0.833. The lowest BCUT2D eigenvalue weighted by Gasteiger charge is -2.07. The van der Waals surface area contributed by atoms with Crippen molar-refractivity contribution in [2.75, 3.05) is 6.54 Å². The van der Waals surface area contributed by atoms with Crippen LogP contribution in [0.15, 0.2) is 40.0 Å². The molecule has 0 saturated heterocycles. The van der Waals surface area contributed by atoms with Gasteiger partial charge in [0, 0.05) is 41.8 Å². The van der Waals surface area contributed by atoms with Gasteiger partial charge < -0.3 is 9.88 Å². The monoisotopic (exact) mass is 339 g/mol. The lowest BCUT2D eigenvalue weighted by molar-refractivity contribution is 0.0953. The van der Waals surface area contributed by atoms with Gasteiger partial charge in [0.05, 0.1) is 5.56 Å². The third kappa shape index (κ3) is 3.61. The second-order valence-corrected chi connectivity index (χ2v) is 5.50. The Hall–Kier alpha value is -1.27. The number of thiol groups is 1. The zero-order chi connectivity index (χ0) is 13.8. The zero-order valence-corrected chi connectivity index (χ0v) is 12.9. The van der Waals surface area contributed by atoms with Gasteiger partial charge in [-0.15, -0.1) is 12.6 Å². The smallest absolute Gasteiger partial charge is 0.252 e. The second kappa shape index (κ2) is 6.25. The number of benzene rings is 1. The van der Waals surface area contributed by atoms with Crippen molar-refractivity contribution in [3.05, 3.63) is 46.5 Å². The number of halogens is 1. The number of nitrogens with zero attached hydrogens (tertiary/aromatic N) is 2. The fourth-order valence-electron chi connectivity index (χ4n) is 1.71. The number of rotatable bonds is 4. The molecule has 0 bridgehead atoms. The third-order valence-corrected chi connectivity index (χ3v) is 3.72. The van der Waals surface area contributed by atoms with Crippen molar-refractivity contribution < 1.29 is 4.79 Å². The highest BCUT2D eigenvalue weighted by atomic mass is 79.9. The normalized spacial score (nSPS) is 10.5. The van der Waals surface area contributed by atoms with Gasteiger partial charge in [-0.05, 0) is 34.1 Å². The van der Waals surface area contributed by atoms with Crippen LogP contribution < -0.4 is 5.32 Å². The molecule has 0 spiro atoms. The first-order chi connectivity index (χ1) is 9.08. The third-order valence-electron chi connectivity index (χ3n) is 2.75. The molecule has 1 aromatic carbocycles. The lowest BCUT2D eigenvalue weighted by Crippen LogP contribution is -2.26. The van der Waals surface area contributed by atoms with Gasteiger partial charge in [0.15, 0.2) is 0 Å². The summed E-state index contributed by atoms with van der Waals surface area (Å²) in [5.41, 5.74) is 0.590. The van der Waals surface area contributed by atoms with Crippen molar-refractivity contribution in [1.82, 2.24) is 14.9 Å². The summed E-state index contributed by atoms with van der Waals surface area (Å²) in [6.07, 6.45) is 4.34. The summed E-state index contributed by atoms with van der Waals surface area (Å²) < 4.78 is 2.70. The summed E-state index contributed by atoms with van der Waals surface area (Å²) in [7, 11) is 1.94. The van der Waals surface area contributed by atoms with Crippen LogP contribution >= 0.6 is 28.6 Å². The van der Waals surface area contributed by atoms with Crippen molar-refractivity contribution in [2.45, 2.75) is 11.3 Å². The Balaban J connectivity index is 1.94. The highest BCUT2D eigenvalue weighted by Crippen LogP contribution is 2.20. The Labute approximate surface area is 125 Å². The molecule has 0 atom stereocenters. The van der Waals surface area contributed by atoms with Crippen LogP contribution in [0.1, 0.15) is 16.2 Å². The van der Waals surface area contributed by atoms with Gasteiger partial charge in [-0.2, -0.15) is 0 Å². The van der Waals surface area contributed by atoms with E-state index in [9.17, 15) is 4.79 Å². The van der Waals surface area contributed by atoms with Crippen molar-refractivity contribution in [1.29, 1.82) is 0 Å². The number of hydrogen-bond acceptors (Lipinski definition) is 3. The fourth-order valence-corrected chi connectivity index (χ4v) is 2.34.